The average molecular weight is 423 g/mol. The van der Waals surface area contributed by atoms with Crippen LogP contribution in [0.4, 0.5) is 0 Å². The average Bonchev–Trinajstić information content (AvgIpc) is 3.33. The van der Waals surface area contributed by atoms with Crippen LogP contribution in [-0.4, -0.2) is 36.7 Å². The molecular formula is C18H18N2O2S4. The fourth-order valence-electron chi connectivity index (χ4n) is 2.37. The number of rotatable bonds is 4. The molecule has 4 rings (SSSR count). The van der Waals surface area contributed by atoms with Gasteiger partial charge in [-0.05, 0) is 24.6 Å². The standard InChI is InChI=1S/C9H9NO2S.C9H9NS3/c1-11-7-3-6-9(13-5-10-6)4-8(7)12-2;1-11-8-3-6-7(13-5-10-6)4-9(8)12-2/h2*3-5H,1-2H3. The number of aromatic nitrogens is 2. The number of hydrogen-bond acceptors (Lipinski definition) is 8. The Labute approximate surface area is 169 Å². The van der Waals surface area contributed by atoms with E-state index in [9.17, 15) is 0 Å². The summed E-state index contributed by atoms with van der Waals surface area (Å²) in [5.74, 6) is 1.47. The van der Waals surface area contributed by atoms with Crippen LogP contribution in [0, 0.1) is 0 Å². The van der Waals surface area contributed by atoms with Crippen LogP contribution >= 0.6 is 46.2 Å². The molecule has 8 heteroatoms. The lowest BCUT2D eigenvalue weighted by Gasteiger charge is -2.05. The molecule has 4 nitrogen and oxygen atoms in total. The first-order valence-electron chi connectivity index (χ1n) is 7.60. The third-order valence-electron chi connectivity index (χ3n) is 3.67. The van der Waals surface area contributed by atoms with Gasteiger partial charge in [-0.3, -0.25) is 0 Å². The third-order valence-corrected chi connectivity index (χ3v) is 6.94. The Kier molecular flexibility index (Phi) is 6.63. The Morgan fingerprint density at radius 1 is 0.731 bits per heavy atom. The number of ether oxygens (including phenoxy) is 2. The lowest BCUT2D eigenvalue weighted by atomic mass is 10.3. The highest BCUT2D eigenvalue weighted by Gasteiger charge is 2.07. The van der Waals surface area contributed by atoms with Crippen LogP contribution in [0.15, 0.2) is 45.1 Å². The normalized spacial score (nSPS) is 10.6. The van der Waals surface area contributed by atoms with Crippen molar-refractivity contribution >= 4 is 66.6 Å². The molecule has 0 spiro atoms. The van der Waals surface area contributed by atoms with Gasteiger partial charge in [0.25, 0.3) is 0 Å². The molecule has 0 radical (unpaired) electrons. The number of nitrogens with zero attached hydrogens (tertiary/aromatic N) is 2. The highest BCUT2D eigenvalue weighted by molar-refractivity contribution is 8.01. The lowest BCUT2D eigenvalue weighted by Crippen LogP contribution is -1.89. The van der Waals surface area contributed by atoms with Crippen molar-refractivity contribution in [2.24, 2.45) is 0 Å². The molecule has 0 aliphatic carbocycles. The molecule has 4 aromatic rings. The number of fused-ring (bicyclic) bond motifs is 2. The smallest absolute Gasteiger partial charge is 0.162 e. The van der Waals surface area contributed by atoms with E-state index in [-0.39, 0.29) is 0 Å². The maximum atomic E-state index is 5.17. The van der Waals surface area contributed by atoms with Crippen LogP contribution < -0.4 is 9.47 Å². The van der Waals surface area contributed by atoms with Crippen LogP contribution in [-0.2, 0) is 0 Å². The molecule has 0 unspecified atom stereocenters. The molecule has 2 heterocycles. The van der Waals surface area contributed by atoms with Crippen molar-refractivity contribution in [3.05, 3.63) is 35.3 Å². The number of hydrogen-bond donors (Lipinski definition) is 0. The second kappa shape index (κ2) is 8.94. The molecule has 2 aromatic heterocycles. The minimum Gasteiger partial charge on any atom is -0.493 e. The van der Waals surface area contributed by atoms with Crippen molar-refractivity contribution in [3.8, 4) is 11.5 Å². The summed E-state index contributed by atoms with van der Waals surface area (Å²) in [6.45, 7) is 0. The molecule has 0 aliphatic heterocycles. The van der Waals surface area contributed by atoms with E-state index in [1.165, 1.54) is 14.5 Å². The maximum Gasteiger partial charge on any atom is 0.162 e. The maximum absolute atomic E-state index is 5.17. The molecule has 0 saturated carbocycles. The molecule has 0 atom stereocenters. The van der Waals surface area contributed by atoms with Gasteiger partial charge in [0.15, 0.2) is 11.5 Å². The Morgan fingerprint density at radius 3 is 1.81 bits per heavy atom. The van der Waals surface area contributed by atoms with E-state index in [0.717, 1.165) is 27.2 Å². The highest BCUT2D eigenvalue weighted by Crippen LogP contribution is 2.34. The zero-order valence-electron chi connectivity index (χ0n) is 14.8. The van der Waals surface area contributed by atoms with Crippen LogP contribution in [0.2, 0.25) is 0 Å². The van der Waals surface area contributed by atoms with Gasteiger partial charge in [0.2, 0.25) is 0 Å². The Bertz CT molecular complexity index is 855. The first kappa shape index (κ1) is 19.3. The van der Waals surface area contributed by atoms with Gasteiger partial charge in [0, 0.05) is 21.9 Å². The van der Waals surface area contributed by atoms with Crippen molar-refractivity contribution in [3.63, 3.8) is 0 Å². The quantitative estimate of drug-likeness (QED) is 0.373. The Morgan fingerprint density at radius 2 is 1.23 bits per heavy atom. The van der Waals surface area contributed by atoms with Crippen LogP contribution in [0.5, 0.6) is 11.5 Å². The van der Waals surface area contributed by atoms with Gasteiger partial charge in [0.1, 0.15) is 0 Å². The largest absolute Gasteiger partial charge is 0.493 e. The van der Waals surface area contributed by atoms with Gasteiger partial charge < -0.3 is 9.47 Å². The minimum absolute atomic E-state index is 0.723. The summed E-state index contributed by atoms with van der Waals surface area (Å²) in [6, 6.07) is 8.21. The van der Waals surface area contributed by atoms with Gasteiger partial charge in [-0.25, -0.2) is 9.97 Å². The van der Waals surface area contributed by atoms with Crippen molar-refractivity contribution < 1.29 is 9.47 Å². The third kappa shape index (κ3) is 4.09. The summed E-state index contributed by atoms with van der Waals surface area (Å²) in [7, 11) is 3.25. The van der Waals surface area contributed by atoms with Gasteiger partial charge in [-0.15, -0.1) is 46.2 Å². The number of thioether (sulfide) groups is 2. The Balaban J connectivity index is 0.000000151. The van der Waals surface area contributed by atoms with E-state index < -0.39 is 0 Å². The topological polar surface area (TPSA) is 44.2 Å². The predicted molar refractivity (Wildman–Crippen MR) is 116 cm³/mol. The first-order chi connectivity index (χ1) is 12.7. The summed E-state index contributed by atoms with van der Waals surface area (Å²) in [5.41, 5.74) is 5.78. The summed E-state index contributed by atoms with van der Waals surface area (Å²) >= 11 is 6.87. The predicted octanol–water partition coefficient (Wildman–Crippen LogP) is 6.05. The Hall–Kier alpha value is -1.48. The summed E-state index contributed by atoms with van der Waals surface area (Å²) < 4.78 is 12.7. The number of thiazole rings is 2. The summed E-state index contributed by atoms with van der Waals surface area (Å²) in [5, 5.41) is 0. The molecule has 2 aromatic carbocycles. The van der Waals surface area contributed by atoms with Crippen LogP contribution in [0.25, 0.3) is 20.4 Å². The molecule has 0 bridgehead atoms. The van der Waals surface area contributed by atoms with Gasteiger partial charge in [-0.1, -0.05) is 0 Å². The monoisotopic (exact) mass is 422 g/mol. The highest BCUT2D eigenvalue weighted by atomic mass is 32.2. The molecule has 0 N–H and O–H groups in total. The molecule has 0 fully saturated rings. The molecule has 0 aliphatic rings. The number of benzene rings is 2. The van der Waals surface area contributed by atoms with Crippen molar-refractivity contribution in [2.75, 3.05) is 26.7 Å². The van der Waals surface area contributed by atoms with E-state index in [1.807, 2.05) is 23.2 Å². The zero-order valence-corrected chi connectivity index (χ0v) is 18.1. The van der Waals surface area contributed by atoms with Gasteiger partial charge in [0.05, 0.1) is 45.7 Å². The van der Waals surface area contributed by atoms with Gasteiger partial charge in [-0.2, -0.15) is 0 Å². The molecule has 0 saturated heterocycles. The lowest BCUT2D eigenvalue weighted by molar-refractivity contribution is 0.356. The fourth-order valence-corrected chi connectivity index (χ4v) is 5.31. The zero-order chi connectivity index (χ0) is 18.5. The van der Waals surface area contributed by atoms with Crippen molar-refractivity contribution in [1.82, 2.24) is 9.97 Å². The molecule has 26 heavy (non-hydrogen) atoms. The molecular weight excluding hydrogens is 404 g/mol. The number of methoxy groups -OCH3 is 2. The fraction of sp³-hybridized carbons (Fsp3) is 0.222. The molecule has 136 valence electrons. The van der Waals surface area contributed by atoms with Crippen molar-refractivity contribution in [1.29, 1.82) is 0 Å². The second-order valence-corrected chi connectivity index (χ2v) is 8.52. The first-order valence-corrected chi connectivity index (χ1v) is 11.8. The van der Waals surface area contributed by atoms with E-state index >= 15 is 0 Å². The summed E-state index contributed by atoms with van der Waals surface area (Å²) in [4.78, 5) is 11.2. The SMILES string of the molecule is COc1cc2ncsc2cc1OC.CSc1cc2ncsc2cc1SC. The van der Waals surface area contributed by atoms with Crippen LogP contribution in [0.3, 0.4) is 0 Å². The van der Waals surface area contributed by atoms with Crippen molar-refractivity contribution in [2.45, 2.75) is 9.79 Å². The van der Waals surface area contributed by atoms with E-state index in [1.54, 1.807) is 60.4 Å². The van der Waals surface area contributed by atoms with Crippen LogP contribution in [0.1, 0.15) is 0 Å². The summed E-state index contributed by atoms with van der Waals surface area (Å²) in [6.07, 6.45) is 4.22. The second-order valence-electron chi connectivity index (χ2n) is 5.05. The minimum atomic E-state index is 0.723. The van der Waals surface area contributed by atoms with E-state index in [0.29, 0.717) is 0 Å². The van der Waals surface area contributed by atoms with E-state index in [4.69, 9.17) is 9.47 Å². The van der Waals surface area contributed by atoms with Gasteiger partial charge >= 0.3 is 0 Å². The van der Waals surface area contributed by atoms with E-state index in [2.05, 4.69) is 34.6 Å². The molecule has 0 amide bonds.